The fourth-order valence-corrected chi connectivity index (χ4v) is 5.85. The van der Waals surface area contributed by atoms with Crippen LogP contribution in [0.4, 0.5) is 0 Å². The van der Waals surface area contributed by atoms with Gasteiger partial charge in [-0.1, -0.05) is 135 Å². The Kier molecular flexibility index (Phi) is 32.3. The van der Waals surface area contributed by atoms with Crippen molar-refractivity contribution in [3.8, 4) is 0 Å². The van der Waals surface area contributed by atoms with E-state index in [1.807, 2.05) is 0 Å². The number of carboxylic acid groups (broad SMARTS) is 1. The van der Waals surface area contributed by atoms with Crippen molar-refractivity contribution in [1.82, 2.24) is 0 Å². The molecule has 3 unspecified atom stereocenters. The Balaban J connectivity index is 4.16. The van der Waals surface area contributed by atoms with Gasteiger partial charge < -0.3 is 25.2 Å². The molecule has 47 heavy (non-hydrogen) atoms. The van der Waals surface area contributed by atoms with Gasteiger partial charge in [-0.15, -0.1) is 0 Å². The van der Waals surface area contributed by atoms with Crippen LogP contribution in [-0.2, 0) is 32.7 Å². The minimum Gasteiger partial charge on any atom is -0.480 e. The van der Waals surface area contributed by atoms with Crippen molar-refractivity contribution in [2.75, 3.05) is 26.4 Å². The number of rotatable bonds is 36. The van der Waals surface area contributed by atoms with Gasteiger partial charge in [0.1, 0.15) is 12.1 Å². The summed E-state index contributed by atoms with van der Waals surface area (Å²) in [6, 6.07) is -1.47. The molecule has 0 bridgehead atoms. The number of esters is 1. The normalized spacial score (nSPS) is 14.3. The minimum absolute atomic E-state index is 0.0187. The molecule has 0 amide bonds. The summed E-state index contributed by atoms with van der Waals surface area (Å²) in [7, 11) is -4.60. The predicted octanol–water partition coefficient (Wildman–Crippen LogP) is 9.42. The largest absolute Gasteiger partial charge is 0.480 e. The van der Waals surface area contributed by atoms with Crippen LogP contribution in [0.15, 0.2) is 12.2 Å². The van der Waals surface area contributed by atoms with Gasteiger partial charge >= 0.3 is 19.8 Å². The molecular formula is C36H70NO9P. The van der Waals surface area contributed by atoms with Gasteiger partial charge in [-0.3, -0.25) is 18.6 Å². The summed E-state index contributed by atoms with van der Waals surface area (Å²) in [5, 5.41) is 8.84. The van der Waals surface area contributed by atoms with Gasteiger partial charge in [0.15, 0.2) is 0 Å². The van der Waals surface area contributed by atoms with E-state index in [-0.39, 0.29) is 13.0 Å². The van der Waals surface area contributed by atoms with Gasteiger partial charge in [-0.05, 0) is 38.5 Å². The summed E-state index contributed by atoms with van der Waals surface area (Å²) in [5.74, 6) is -1.78. The average molecular weight is 692 g/mol. The molecule has 0 aromatic rings. The van der Waals surface area contributed by atoms with Gasteiger partial charge in [0.25, 0.3) is 0 Å². The molecule has 0 aromatic carbocycles. The molecule has 0 fully saturated rings. The molecule has 0 spiro atoms. The van der Waals surface area contributed by atoms with E-state index in [0.29, 0.717) is 13.0 Å². The summed E-state index contributed by atoms with van der Waals surface area (Å²) in [4.78, 5) is 33.2. The Hall–Kier alpha value is -1.29. The Bertz CT molecular complexity index is 811. The monoisotopic (exact) mass is 691 g/mol. The van der Waals surface area contributed by atoms with Crippen molar-refractivity contribution >= 4 is 19.8 Å². The van der Waals surface area contributed by atoms with Crippen LogP contribution in [0.3, 0.4) is 0 Å². The van der Waals surface area contributed by atoms with E-state index >= 15 is 0 Å². The molecular weight excluding hydrogens is 621 g/mol. The first-order valence-electron chi connectivity index (χ1n) is 18.7. The molecule has 0 aliphatic heterocycles. The maximum absolute atomic E-state index is 12.4. The molecule has 278 valence electrons. The molecule has 3 atom stereocenters. The third-order valence-electron chi connectivity index (χ3n) is 8.04. The Labute approximate surface area is 286 Å². The molecule has 0 radical (unpaired) electrons. The number of unbranched alkanes of at least 4 members (excludes halogenated alkanes) is 20. The zero-order chi connectivity index (χ0) is 34.9. The van der Waals surface area contributed by atoms with E-state index in [1.165, 1.54) is 103 Å². The van der Waals surface area contributed by atoms with Crippen molar-refractivity contribution in [2.45, 2.75) is 180 Å². The number of nitrogens with two attached hydrogens (primary N) is 1. The summed E-state index contributed by atoms with van der Waals surface area (Å²) < 4.78 is 33.1. The fourth-order valence-electron chi connectivity index (χ4n) is 5.07. The van der Waals surface area contributed by atoms with Crippen LogP contribution in [0.1, 0.15) is 168 Å². The smallest absolute Gasteiger partial charge is 0.472 e. The average Bonchev–Trinajstić information content (AvgIpc) is 3.04. The van der Waals surface area contributed by atoms with Crippen molar-refractivity contribution in [3.63, 3.8) is 0 Å². The predicted molar refractivity (Wildman–Crippen MR) is 189 cm³/mol. The molecule has 0 saturated carbocycles. The summed E-state index contributed by atoms with van der Waals surface area (Å²) in [6.07, 6.45) is 31.4. The standard InChI is InChI=1S/C36H70NO9P/c1-3-5-7-9-11-12-13-14-15-16-17-18-19-20-21-23-25-27-29-43-30-33(31-44-47(41,42)45-32-34(37)36(39)40)46-35(38)28-26-24-22-10-8-6-4-2/h14-15,33-34H,3-13,16-32,37H2,1-2H3,(H,39,40)(H,41,42)/b15-14-. The molecule has 0 aliphatic rings. The number of ether oxygens (including phenoxy) is 2. The molecule has 11 heteroatoms. The van der Waals surface area contributed by atoms with Crippen LogP contribution in [0, 0.1) is 0 Å². The number of carboxylic acids is 1. The zero-order valence-corrected chi connectivity index (χ0v) is 30.8. The van der Waals surface area contributed by atoms with Crippen molar-refractivity contribution in [1.29, 1.82) is 0 Å². The minimum atomic E-state index is -4.60. The lowest BCUT2D eigenvalue weighted by Gasteiger charge is -2.20. The van der Waals surface area contributed by atoms with Gasteiger partial charge in [-0.2, -0.15) is 0 Å². The van der Waals surface area contributed by atoms with Crippen LogP contribution < -0.4 is 5.73 Å². The van der Waals surface area contributed by atoms with E-state index in [2.05, 4.69) is 30.5 Å². The third kappa shape index (κ3) is 33.0. The number of phosphoric ester groups is 1. The van der Waals surface area contributed by atoms with Gasteiger partial charge in [-0.25, -0.2) is 4.57 Å². The third-order valence-corrected chi connectivity index (χ3v) is 9.00. The van der Waals surface area contributed by atoms with Crippen LogP contribution in [0.25, 0.3) is 0 Å². The highest BCUT2D eigenvalue weighted by Gasteiger charge is 2.27. The first kappa shape index (κ1) is 45.7. The van der Waals surface area contributed by atoms with E-state index in [0.717, 1.165) is 38.5 Å². The van der Waals surface area contributed by atoms with Crippen LogP contribution in [0.2, 0.25) is 0 Å². The Morgan fingerprint density at radius 1 is 0.660 bits per heavy atom. The fraction of sp³-hybridized carbons (Fsp3) is 0.889. The summed E-state index contributed by atoms with van der Waals surface area (Å²) >= 11 is 0. The summed E-state index contributed by atoms with van der Waals surface area (Å²) in [6.45, 7) is 3.81. The van der Waals surface area contributed by atoms with E-state index in [9.17, 15) is 19.0 Å². The first-order valence-corrected chi connectivity index (χ1v) is 20.2. The van der Waals surface area contributed by atoms with Crippen molar-refractivity contribution < 1.29 is 42.7 Å². The number of allylic oxidation sites excluding steroid dienone is 2. The van der Waals surface area contributed by atoms with Crippen LogP contribution in [-0.4, -0.2) is 60.5 Å². The maximum Gasteiger partial charge on any atom is 0.472 e. The second-order valence-corrected chi connectivity index (χ2v) is 14.2. The van der Waals surface area contributed by atoms with Crippen molar-refractivity contribution in [3.05, 3.63) is 12.2 Å². The molecule has 0 rings (SSSR count). The topological polar surface area (TPSA) is 155 Å². The molecule has 10 nitrogen and oxygen atoms in total. The van der Waals surface area contributed by atoms with Crippen molar-refractivity contribution in [2.24, 2.45) is 5.73 Å². The van der Waals surface area contributed by atoms with Crippen LogP contribution in [0.5, 0.6) is 0 Å². The maximum atomic E-state index is 12.4. The first-order chi connectivity index (χ1) is 22.7. The quantitative estimate of drug-likeness (QED) is 0.0250. The summed E-state index contributed by atoms with van der Waals surface area (Å²) in [5.41, 5.74) is 5.32. The molecule has 4 N–H and O–H groups in total. The molecule has 0 aromatic heterocycles. The van der Waals surface area contributed by atoms with E-state index in [4.69, 9.17) is 24.8 Å². The van der Waals surface area contributed by atoms with E-state index < -0.39 is 45.1 Å². The van der Waals surface area contributed by atoms with Gasteiger partial charge in [0.05, 0.1) is 19.8 Å². The highest BCUT2D eigenvalue weighted by Crippen LogP contribution is 2.43. The second kappa shape index (κ2) is 33.2. The second-order valence-electron chi connectivity index (χ2n) is 12.7. The Morgan fingerprint density at radius 2 is 1.11 bits per heavy atom. The number of hydrogen-bond donors (Lipinski definition) is 3. The number of aliphatic carboxylic acids is 1. The number of carbonyl (C=O) groups excluding carboxylic acids is 1. The van der Waals surface area contributed by atoms with Gasteiger partial charge in [0.2, 0.25) is 0 Å². The number of carbonyl (C=O) groups is 2. The lowest BCUT2D eigenvalue weighted by Crippen LogP contribution is -2.34. The molecule has 0 heterocycles. The lowest BCUT2D eigenvalue weighted by atomic mass is 10.1. The van der Waals surface area contributed by atoms with Crippen LogP contribution >= 0.6 is 7.82 Å². The SMILES string of the molecule is CCCCCCCC/C=C\CCCCCCCCCCOCC(COP(=O)(O)OCC(N)C(=O)O)OC(=O)CCCCCCCCC. The number of phosphoric acid groups is 1. The molecule has 0 aliphatic carbocycles. The lowest BCUT2D eigenvalue weighted by molar-refractivity contribution is -0.154. The highest BCUT2D eigenvalue weighted by atomic mass is 31.2. The Morgan fingerprint density at radius 3 is 1.62 bits per heavy atom. The zero-order valence-electron chi connectivity index (χ0n) is 29.9. The number of hydrogen-bond acceptors (Lipinski definition) is 8. The van der Waals surface area contributed by atoms with E-state index in [1.54, 1.807) is 0 Å². The highest BCUT2D eigenvalue weighted by molar-refractivity contribution is 7.47. The van der Waals surface area contributed by atoms with Gasteiger partial charge in [0, 0.05) is 13.0 Å². The molecule has 0 saturated heterocycles.